The molecule has 0 aliphatic heterocycles. The van der Waals surface area contributed by atoms with Crippen LogP contribution in [-0.4, -0.2) is 37.3 Å². The molecular weight excluding hydrogens is 261 g/mol. The molecule has 18 heavy (non-hydrogen) atoms. The largest absolute Gasteiger partial charge is 0.461 e. The van der Waals surface area contributed by atoms with Crippen molar-refractivity contribution in [1.29, 1.82) is 0 Å². The van der Waals surface area contributed by atoms with Crippen molar-refractivity contribution < 1.29 is 27.9 Å². The minimum atomic E-state index is -3.84. The van der Waals surface area contributed by atoms with Crippen molar-refractivity contribution >= 4 is 19.1 Å². The molecule has 8 heteroatoms. The van der Waals surface area contributed by atoms with Gasteiger partial charge in [0.2, 0.25) is 0 Å². The maximum absolute atomic E-state index is 11.8. The van der Waals surface area contributed by atoms with Crippen LogP contribution in [0.3, 0.4) is 0 Å². The first-order chi connectivity index (χ1) is 8.48. The van der Waals surface area contributed by atoms with Crippen LogP contribution in [0.5, 0.6) is 0 Å². The summed E-state index contributed by atoms with van der Waals surface area (Å²) in [6, 6.07) is 1.24. The summed E-state index contributed by atoms with van der Waals surface area (Å²) in [5.74, 6) is -0.596. The molecule has 1 rings (SSSR count). The van der Waals surface area contributed by atoms with Gasteiger partial charge < -0.3 is 18.8 Å². The van der Waals surface area contributed by atoms with Crippen LogP contribution < -0.4 is 0 Å². The Hall–Kier alpha value is -1.43. The number of hydrogen-bond donors (Lipinski definition) is 1. The lowest BCUT2D eigenvalue weighted by Crippen LogP contribution is -2.05. The molecule has 0 aliphatic carbocycles. The highest BCUT2D eigenvalue weighted by Crippen LogP contribution is 2.49. The molecule has 0 aromatic carbocycles. The van der Waals surface area contributed by atoms with Crippen molar-refractivity contribution in [1.82, 2.24) is 4.98 Å². The van der Waals surface area contributed by atoms with Gasteiger partial charge in [-0.05, 0) is 13.0 Å². The molecule has 0 amide bonds. The van der Waals surface area contributed by atoms with Crippen LogP contribution in [0, 0.1) is 0 Å². The lowest BCUT2D eigenvalue weighted by atomic mass is 10.3. The SMILES string of the molecule is CCOC(=O)c1cc(C(=O)P(=O)(OC)OC)c[nH]1. The van der Waals surface area contributed by atoms with Crippen molar-refractivity contribution in [3.63, 3.8) is 0 Å². The number of hydrogen-bond acceptors (Lipinski definition) is 6. The first-order valence-corrected chi connectivity index (χ1v) is 6.64. The fraction of sp³-hybridized carbons (Fsp3) is 0.400. The zero-order chi connectivity index (χ0) is 13.8. The quantitative estimate of drug-likeness (QED) is 0.628. The van der Waals surface area contributed by atoms with Crippen molar-refractivity contribution in [2.45, 2.75) is 6.92 Å². The van der Waals surface area contributed by atoms with Crippen LogP contribution in [-0.2, 0) is 18.3 Å². The number of aromatic amines is 1. The average molecular weight is 275 g/mol. The van der Waals surface area contributed by atoms with E-state index in [1.165, 1.54) is 12.3 Å². The van der Waals surface area contributed by atoms with Gasteiger partial charge in [-0.2, -0.15) is 0 Å². The molecule has 0 unspecified atom stereocenters. The summed E-state index contributed by atoms with van der Waals surface area (Å²) in [6.07, 6.45) is 1.25. The number of carbonyl (C=O) groups excluding carboxylic acids is 2. The van der Waals surface area contributed by atoms with Crippen molar-refractivity contribution in [3.05, 3.63) is 23.5 Å². The Bertz CT molecular complexity index is 486. The molecule has 7 nitrogen and oxygen atoms in total. The van der Waals surface area contributed by atoms with Crippen LogP contribution in [0.25, 0.3) is 0 Å². The summed E-state index contributed by atoms with van der Waals surface area (Å²) in [5.41, 5.74) is -0.691. The minimum absolute atomic E-state index is 0.0325. The molecule has 0 radical (unpaired) electrons. The van der Waals surface area contributed by atoms with Gasteiger partial charge in [0.05, 0.1) is 6.61 Å². The molecule has 0 atom stereocenters. The monoisotopic (exact) mass is 275 g/mol. The van der Waals surface area contributed by atoms with E-state index < -0.39 is 19.1 Å². The summed E-state index contributed by atoms with van der Waals surface area (Å²) < 4.78 is 25.7. The Morgan fingerprint density at radius 3 is 2.44 bits per heavy atom. The zero-order valence-corrected chi connectivity index (χ0v) is 11.2. The second-order valence-electron chi connectivity index (χ2n) is 3.19. The van der Waals surface area contributed by atoms with Gasteiger partial charge in [-0.3, -0.25) is 9.36 Å². The van der Waals surface area contributed by atoms with Gasteiger partial charge >= 0.3 is 13.6 Å². The highest BCUT2D eigenvalue weighted by molar-refractivity contribution is 7.72. The number of esters is 1. The van der Waals surface area contributed by atoms with E-state index in [1.54, 1.807) is 6.92 Å². The van der Waals surface area contributed by atoms with Crippen molar-refractivity contribution in [2.75, 3.05) is 20.8 Å². The van der Waals surface area contributed by atoms with Crippen LogP contribution in [0.2, 0.25) is 0 Å². The predicted octanol–water partition coefficient (Wildman–Crippen LogP) is 1.82. The molecule has 0 fully saturated rings. The third-order valence-electron chi connectivity index (χ3n) is 2.15. The number of ether oxygens (including phenoxy) is 1. The summed E-state index contributed by atoms with van der Waals surface area (Å²) >= 11 is 0. The van der Waals surface area contributed by atoms with Gasteiger partial charge in [0.25, 0.3) is 5.52 Å². The Kier molecular flexibility index (Phi) is 4.84. The molecule has 1 aromatic rings. The number of rotatable bonds is 6. The maximum Gasteiger partial charge on any atom is 0.401 e. The van der Waals surface area contributed by atoms with Crippen molar-refractivity contribution in [2.24, 2.45) is 0 Å². The molecular formula is C10H14NO6P. The normalized spacial score (nSPS) is 11.3. The van der Waals surface area contributed by atoms with Crippen LogP contribution in [0.4, 0.5) is 0 Å². The van der Waals surface area contributed by atoms with Crippen molar-refractivity contribution in [3.8, 4) is 0 Å². The minimum Gasteiger partial charge on any atom is -0.461 e. The van der Waals surface area contributed by atoms with E-state index >= 15 is 0 Å². The third-order valence-corrected chi connectivity index (χ3v) is 3.87. The van der Waals surface area contributed by atoms with E-state index in [2.05, 4.69) is 14.0 Å². The summed E-state index contributed by atoms with van der Waals surface area (Å²) in [7, 11) is -1.61. The first kappa shape index (κ1) is 14.6. The van der Waals surface area contributed by atoms with Crippen LogP contribution >= 0.6 is 7.60 Å². The predicted molar refractivity (Wildman–Crippen MR) is 62.7 cm³/mol. The fourth-order valence-electron chi connectivity index (χ4n) is 1.24. The molecule has 1 heterocycles. The average Bonchev–Trinajstić information content (AvgIpc) is 2.86. The highest BCUT2D eigenvalue weighted by atomic mass is 31.2. The maximum atomic E-state index is 11.8. The fourth-order valence-corrected chi connectivity index (χ4v) is 2.17. The van der Waals surface area contributed by atoms with Gasteiger partial charge in [-0.25, -0.2) is 4.79 Å². The molecule has 0 saturated heterocycles. The van der Waals surface area contributed by atoms with Gasteiger partial charge in [0, 0.05) is 26.0 Å². The molecule has 1 aromatic heterocycles. The lowest BCUT2D eigenvalue weighted by molar-refractivity contribution is 0.0520. The van der Waals surface area contributed by atoms with Crippen LogP contribution in [0.1, 0.15) is 27.8 Å². The molecule has 100 valence electrons. The Morgan fingerprint density at radius 2 is 1.94 bits per heavy atom. The van der Waals surface area contributed by atoms with Crippen LogP contribution in [0.15, 0.2) is 12.3 Å². The second-order valence-corrected chi connectivity index (χ2v) is 5.32. The molecule has 0 aliphatic rings. The third kappa shape index (κ3) is 2.87. The Balaban J connectivity index is 2.96. The van der Waals surface area contributed by atoms with E-state index in [4.69, 9.17) is 4.74 Å². The van der Waals surface area contributed by atoms with E-state index in [-0.39, 0.29) is 17.9 Å². The Morgan fingerprint density at radius 1 is 1.33 bits per heavy atom. The van der Waals surface area contributed by atoms with E-state index in [0.717, 1.165) is 14.2 Å². The molecule has 0 bridgehead atoms. The molecule has 0 saturated carbocycles. The second kappa shape index (κ2) is 5.95. The first-order valence-electron chi connectivity index (χ1n) is 5.10. The molecule has 1 N–H and O–H groups in total. The van der Waals surface area contributed by atoms with Gasteiger partial charge in [-0.15, -0.1) is 0 Å². The smallest absolute Gasteiger partial charge is 0.401 e. The number of aromatic nitrogens is 1. The highest BCUT2D eigenvalue weighted by Gasteiger charge is 2.34. The number of carbonyl (C=O) groups is 2. The summed E-state index contributed by atoms with van der Waals surface area (Å²) in [5, 5.41) is 0. The summed E-state index contributed by atoms with van der Waals surface area (Å²) in [6.45, 7) is 1.88. The number of H-pyrrole nitrogens is 1. The lowest BCUT2D eigenvalue weighted by Gasteiger charge is -2.10. The Labute approximate surface area is 104 Å². The number of nitrogens with one attached hydrogen (secondary N) is 1. The standard InChI is InChI=1S/C10H14NO6P/c1-4-17-9(12)8-5-7(6-11-8)10(13)18(14,15-2)16-3/h5-6,11H,4H2,1-3H3. The zero-order valence-electron chi connectivity index (χ0n) is 10.3. The van der Waals surface area contributed by atoms with E-state index in [1.807, 2.05) is 0 Å². The van der Waals surface area contributed by atoms with Gasteiger partial charge in [0.1, 0.15) is 5.69 Å². The van der Waals surface area contributed by atoms with Gasteiger partial charge in [0.15, 0.2) is 0 Å². The summed E-state index contributed by atoms with van der Waals surface area (Å²) in [4.78, 5) is 25.8. The topological polar surface area (TPSA) is 94.7 Å². The van der Waals surface area contributed by atoms with E-state index in [0.29, 0.717) is 0 Å². The molecule has 0 spiro atoms. The van der Waals surface area contributed by atoms with E-state index in [9.17, 15) is 14.2 Å². The van der Waals surface area contributed by atoms with Gasteiger partial charge in [-0.1, -0.05) is 0 Å².